The molecular weight excluding hydrogens is 387 g/mol. The Hall–Kier alpha value is -1.77. The number of likely N-dealkylation sites (tertiary alicyclic amines) is 1. The fourth-order valence-electron chi connectivity index (χ4n) is 3.38. The minimum absolute atomic E-state index is 0.0507. The lowest BCUT2D eigenvalue weighted by Gasteiger charge is -2.25. The van der Waals surface area contributed by atoms with Crippen molar-refractivity contribution in [2.24, 2.45) is 0 Å². The van der Waals surface area contributed by atoms with E-state index in [1.165, 1.54) is 29.0 Å². The number of sulfonamides is 1. The van der Waals surface area contributed by atoms with Gasteiger partial charge in [0, 0.05) is 26.6 Å². The molecule has 1 saturated heterocycles. The number of carbonyl (C=O) groups excluding carboxylic acids is 1. The molecule has 0 unspecified atom stereocenters. The summed E-state index contributed by atoms with van der Waals surface area (Å²) < 4.78 is 39.2. The van der Waals surface area contributed by atoms with Crippen LogP contribution in [0.1, 0.15) is 37.3 Å². The molecule has 0 bridgehead atoms. The summed E-state index contributed by atoms with van der Waals surface area (Å²) in [5.74, 6) is -0.413. The van der Waals surface area contributed by atoms with E-state index in [1.807, 2.05) is 10.3 Å². The largest absolute Gasteiger partial charge is 0.336 e. The summed E-state index contributed by atoms with van der Waals surface area (Å²) in [6.07, 6.45) is 2.72. The van der Waals surface area contributed by atoms with Gasteiger partial charge in [-0.25, -0.2) is 17.1 Å². The van der Waals surface area contributed by atoms with Crippen molar-refractivity contribution in [3.05, 3.63) is 52.5 Å². The third-order valence-corrected chi connectivity index (χ3v) is 7.46. The van der Waals surface area contributed by atoms with E-state index in [9.17, 15) is 17.6 Å². The topological polar surface area (TPSA) is 57.7 Å². The van der Waals surface area contributed by atoms with E-state index in [2.05, 4.69) is 11.4 Å². The molecule has 0 aliphatic carbocycles. The summed E-state index contributed by atoms with van der Waals surface area (Å²) in [5, 5.41) is 4.10. The maximum Gasteiger partial charge on any atom is 0.242 e. The van der Waals surface area contributed by atoms with Crippen LogP contribution in [0.4, 0.5) is 4.39 Å². The molecule has 146 valence electrons. The van der Waals surface area contributed by atoms with Gasteiger partial charge in [0.05, 0.1) is 10.9 Å². The van der Waals surface area contributed by atoms with Crippen LogP contribution in [0.5, 0.6) is 0 Å². The second kappa shape index (κ2) is 8.50. The van der Waals surface area contributed by atoms with E-state index < -0.39 is 15.8 Å². The predicted molar refractivity (Wildman–Crippen MR) is 103 cm³/mol. The van der Waals surface area contributed by atoms with Crippen LogP contribution in [-0.2, 0) is 14.8 Å². The third-order valence-electron chi connectivity index (χ3n) is 4.89. The maximum absolute atomic E-state index is 13.0. The lowest BCUT2D eigenvalue weighted by Crippen LogP contribution is -2.32. The molecule has 1 aromatic carbocycles. The van der Waals surface area contributed by atoms with Crippen molar-refractivity contribution >= 4 is 27.3 Å². The van der Waals surface area contributed by atoms with Crippen molar-refractivity contribution in [3.8, 4) is 0 Å². The number of benzene rings is 1. The number of amides is 1. The van der Waals surface area contributed by atoms with E-state index in [0.29, 0.717) is 12.8 Å². The Kier molecular flexibility index (Phi) is 6.29. The molecule has 3 rings (SSSR count). The number of hydrogen-bond acceptors (Lipinski definition) is 4. The second-order valence-electron chi connectivity index (χ2n) is 6.69. The molecule has 27 heavy (non-hydrogen) atoms. The van der Waals surface area contributed by atoms with Crippen LogP contribution in [0.25, 0.3) is 0 Å². The lowest BCUT2D eigenvalue weighted by molar-refractivity contribution is -0.132. The van der Waals surface area contributed by atoms with Crippen LogP contribution in [0.15, 0.2) is 46.0 Å². The highest BCUT2D eigenvalue weighted by Gasteiger charge is 2.30. The van der Waals surface area contributed by atoms with Crippen LogP contribution in [0.3, 0.4) is 0 Å². The van der Waals surface area contributed by atoms with E-state index in [1.54, 1.807) is 11.3 Å². The van der Waals surface area contributed by atoms with E-state index in [4.69, 9.17) is 0 Å². The van der Waals surface area contributed by atoms with Gasteiger partial charge < -0.3 is 4.90 Å². The smallest absolute Gasteiger partial charge is 0.242 e. The summed E-state index contributed by atoms with van der Waals surface area (Å²) in [4.78, 5) is 14.6. The zero-order chi connectivity index (χ0) is 19.4. The molecule has 8 heteroatoms. The van der Waals surface area contributed by atoms with Gasteiger partial charge in [-0.2, -0.15) is 11.3 Å². The van der Waals surface area contributed by atoms with Crippen LogP contribution < -0.4 is 0 Å². The van der Waals surface area contributed by atoms with Crippen LogP contribution in [-0.4, -0.2) is 43.7 Å². The van der Waals surface area contributed by atoms with Crippen molar-refractivity contribution in [2.75, 3.05) is 20.1 Å². The Morgan fingerprint density at radius 3 is 2.70 bits per heavy atom. The Bertz CT molecular complexity index is 867. The molecule has 2 heterocycles. The van der Waals surface area contributed by atoms with Crippen LogP contribution in [0, 0.1) is 5.82 Å². The fraction of sp³-hybridized carbons (Fsp3) is 0.421. The van der Waals surface area contributed by atoms with Gasteiger partial charge in [-0.05, 0) is 65.9 Å². The molecule has 5 nitrogen and oxygen atoms in total. The fourth-order valence-corrected chi connectivity index (χ4v) is 5.30. The average Bonchev–Trinajstić information content (AvgIpc) is 3.33. The number of nitrogens with zero attached hydrogens (tertiary/aromatic N) is 2. The molecule has 1 atom stereocenters. The molecule has 1 aliphatic rings. The first-order chi connectivity index (χ1) is 12.9. The van der Waals surface area contributed by atoms with Crippen LogP contribution >= 0.6 is 11.3 Å². The third kappa shape index (κ3) is 4.56. The van der Waals surface area contributed by atoms with Gasteiger partial charge in [0.15, 0.2) is 0 Å². The zero-order valence-corrected chi connectivity index (χ0v) is 16.8. The molecule has 1 fully saturated rings. The highest BCUT2D eigenvalue weighted by atomic mass is 32.2. The standard InChI is InChI=1S/C19H23FN2O3S2/c1-21(27(24,25)17-8-6-16(20)7-9-17)11-3-5-19(23)22-12-2-4-18(22)15-10-13-26-14-15/h6-10,13-14,18H,2-5,11-12H2,1H3/t18-/m0/s1. The van der Waals surface area contributed by atoms with Gasteiger partial charge >= 0.3 is 0 Å². The van der Waals surface area contributed by atoms with Crippen molar-refractivity contribution in [1.29, 1.82) is 0 Å². The molecule has 0 saturated carbocycles. The summed E-state index contributed by atoms with van der Waals surface area (Å²) in [5.41, 5.74) is 1.18. The van der Waals surface area contributed by atoms with Crippen molar-refractivity contribution < 1.29 is 17.6 Å². The number of rotatable bonds is 7. The quantitative estimate of drug-likeness (QED) is 0.700. The van der Waals surface area contributed by atoms with Crippen molar-refractivity contribution in [3.63, 3.8) is 0 Å². The van der Waals surface area contributed by atoms with E-state index in [-0.39, 0.29) is 23.4 Å². The lowest BCUT2D eigenvalue weighted by atomic mass is 10.1. The molecule has 1 amide bonds. The highest BCUT2D eigenvalue weighted by molar-refractivity contribution is 7.89. The van der Waals surface area contributed by atoms with Crippen molar-refractivity contribution in [2.45, 2.75) is 36.6 Å². The number of carbonyl (C=O) groups is 1. The van der Waals surface area contributed by atoms with E-state index in [0.717, 1.165) is 31.5 Å². The average molecular weight is 411 g/mol. The first-order valence-corrected chi connectivity index (χ1v) is 11.3. The molecule has 0 spiro atoms. The minimum Gasteiger partial charge on any atom is -0.336 e. The Labute approximate surface area is 163 Å². The van der Waals surface area contributed by atoms with Gasteiger partial charge in [0.1, 0.15) is 5.82 Å². The van der Waals surface area contributed by atoms with Gasteiger partial charge in [0.25, 0.3) is 0 Å². The normalized spacial score (nSPS) is 17.6. The highest BCUT2D eigenvalue weighted by Crippen LogP contribution is 2.33. The Morgan fingerprint density at radius 1 is 1.30 bits per heavy atom. The van der Waals surface area contributed by atoms with E-state index >= 15 is 0 Å². The summed E-state index contributed by atoms with van der Waals surface area (Å²) in [7, 11) is -2.20. The molecule has 0 N–H and O–H groups in total. The number of thiophene rings is 1. The maximum atomic E-state index is 13.0. The van der Waals surface area contributed by atoms with Crippen LogP contribution in [0.2, 0.25) is 0 Å². The first-order valence-electron chi connectivity index (χ1n) is 8.93. The SMILES string of the molecule is CN(CCCC(=O)N1CCC[C@H]1c1ccsc1)S(=O)(=O)c1ccc(F)cc1. The molecule has 1 aromatic heterocycles. The monoisotopic (exact) mass is 410 g/mol. The van der Waals surface area contributed by atoms with Gasteiger partial charge in [-0.1, -0.05) is 0 Å². The Balaban J connectivity index is 1.54. The first kappa shape index (κ1) is 20.0. The van der Waals surface area contributed by atoms with Gasteiger partial charge in [0.2, 0.25) is 15.9 Å². The molecule has 2 aromatic rings. The summed E-state index contributed by atoms with van der Waals surface area (Å²) in [6, 6.07) is 6.96. The number of hydrogen-bond donors (Lipinski definition) is 0. The minimum atomic E-state index is -3.68. The molecule has 0 radical (unpaired) electrons. The number of halogens is 1. The summed E-state index contributed by atoms with van der Waals surface area (Å²) in [6.45, 7) is 0.992. The predicted octanol–water partition coefficient (Wildman–Crippen LogP) is 3.65. The summed E-state index contributed by atoms with van der Waals surface area (Å²) >= 11 is 1.63. The molecule has 1 aliphatic heterocycles. The Morgan fingerprint density at radius 2 is 2.04 bits per heavy atom. The van der Waals surface area contributed by atoms with Crippen molar-refractivity contribution in [1.82, 2.24) is 9.21 Å². The van der Waals surface area contributed by atoms with Gasteiger partial charge in [-0.15, -0.1) is 0 Å². The second-order valence-corrected chi connectivity index (χ2v) is 9.51. The van der Waals surface area contributed by atoms with Gasteiger partial charge in [-0.3, -0.25) is 4.79 Å². The molecular formula is C19H23FN2O3S2. The zero-order valence-electron chi connectivity index (χ0n) is 15.2.